The Balaban J connectivity index is 0. The van der Waals surface area contributed by atoms with Gasteiger partial charge in [-0.05, 0) is 27.7 Å². The van der Waals surface area contributed by atoms with E-state index in [2.05, 4.69) is 13.2 Å². The Morgan fingerprint density at radius 2 is 1.73 bits per heavy atom. The summed E-state index contributed by atoms with van der Waals surface area (Å²) < 4.78 is 5.24. The molecule has 0 saturated carbocycles. The number of rotatable bonds is 2. The highest BCUT2D eigenvalue weighted by atomic mass is 16.5. The highest BCUT2D eigenvalue weighted by molar-refractivity contribution is 4.59. The van der Waals surface area contributed by atoms with Crippen molar-refractivity contribution >= 4 is 0 Å². The average Bonchev–Trinajstić information content (AvgIpc) is 1.87. The Morgan fingerprint density at radius 1 is 1.36 bits per heavy atom. The minimum absolute atomic E-state index is 0.128. The molecule has 68 valence electrons. The summed E-state index contributed by atoms with van der Waals surface area (Å²) in [7, 11) is 0. The first-order chi connectivity index (χ1) is 4.92. The van der Waals surface area contributed by atoms with Gasteiger partial charge in [0.25, 0.3) is 0 Å². The molecule has 0 radical (unpaired) electrons. The Kier molecular flexibility index (Phi) is 7.69. The third-order valence-corrected chi connectivity index (χ3v) is 0.758. The van der Waals surface area contributed by atoms with Gasteiger partial charge in [0.05, 0.1) is 18.3 Å². The summed E-state index contributed by atoms with van der Waals surface area (Å²) in [6.45, 7) is 14.0. The molecule has 0 fully saturated rings. The molecule has 0 aromatic rings. The molecule has 0 aromatic carbocycles. The molecule has 1 N–H and O–H groups in total. The predicted molar refractivity (Wildman–Crippen MR) is 48.6 cm³/mol. The number of hydrogen-bond acceptors (Lipinski definition) is 2. The number of aliphatic hydroxyl groups is 1. The minimum Gasteiger partial charge on any atom is -0.391 e. The molecule has 2 heteroatoms. The molecule has 1 atom stereocenters. The van der Waals surface area contributed by atoms with Gasteiger partial charge in [0, 0.05) is 0 Å². The Morgan fingerprint density at radius 3 is 1.82 bits per heavy atom. The van der Waals surface area contributed by atoms with Crippen LogP contribution in [0, 0.1) is 0 Å². The smallest absolute Gasteiger partial charge is 0.0745 e. The van der Waals surface area contributed by atoms with Crippen molar-refractivity contribution in [2.45, 2.75) is 39.4 Å². The fraction of sp³-hybridized carbons (Fsp3) is 0.778. The van der Waals surface area contributed by atoms with E-state index in [1.165, 1.54) is 0 Å². The van der Waals surface area contributed by atoms with Gasteiger partial charge < -0.3 is 9.84 Å². The van der Waals surface area contributed by atoms with Crippen LogP contribution in [0.5, 0.6) is 0 Å². The van der Waals surface area contributed by atoms with Crippen LogP contribution in [0.4, 0.5) is 0 Å². The molecule has 0 amide bonds. The lowest BCUT2D eigenvalue weighted by molar-refractivity contribution is -0.0436. The predicted octanol–water partition coefficient (Wildman–Crippen LogP) is 1.98. The molecule has 0 aliphatic carbocycles. The maximum atomic E-state index is 8.79. The fourth-order valence-electron chi connectivity index (χ4n) is 0.371. The number of ether oxygens (including phenoxy) is 1. The highest BCUT2D eigenvalue weighted by Crippen LogP contribution is 2.06. The van der Waals surface area contributed by atoms with E-state index in [1.807, 2.05) is 20.8 Å². The van der Waals surface area contributed by atoms with Gasteiger partial charge in [-0.1, -0.05) is 0 Å². The second-order valence-electron chi connectivity index (χ2n) is 3.27. The molecular formula is C9H20O2. The van der Waals surface area contributed by atoms with Crippen LogP contribution in [0.2, 0.25) is 0 Å². The lowest BCUT2D eigenvalue weighted by Gasteiger charge is -2.20. The Hall–Kier alpha value is -0.340. The topological polar surface area (TPSA) is 29.5 Å². The first kappa shape index (κ1) is 13.3. The zero-order chi connectivity index (χ0) is 9.49. The normalized spacial score (nSPS) is 13.2. The maximum absolute atomic E-state index is 8.79. The summed E-state index contributed by atoms with van der Waals surface area (Å²) in [6, 6.07) is 0. The van der Waals surface area contributed by atoms with Crippen LogP contribution in [0.1, 0.15) is 27.7 Å². The zero-order valence-corrected chi connectivity index (χ0v) is 8.05. The summed E-state index contributed by atoms with van der Waals surface area (Å²) in [5.41, 5.74) is -0.128. The SMILES string of the molecule is C=C.CC(O)COC(C)(C)C. The van der Waals surface area contributed by atoms with E-state index in [0.717, 1.165) is 0 Å². The van der Waals surface area contributed by atoms with Crippen molar-refractivity contribution in [3.8, 4) is 0 Å². The molecule has 0 saturated heterocycles. The van der Waals surface area contributed by atoms with Crippen molar-refractivity contribution in [2.24, 2.45) is 0 Å². The first-order valence-electron chi connectivity index (χ1n) is 3.74. The summed E-state index contributed by atoms with van der Waals surface area (Å²) in [6.07, 6.45) is -0.357. The largest absolute Gasteiger partial charge is 0.391 e. The third kappa shape index (κ3) is 17.7. The number of hydrogen-bond donors (Lipinski definition) is 1. The average molecular weight is 160 g/mol. The second kappa shape index (κ2) is 6.38. The van der Waals surface area contributed by atoms with Gasteiger partial charge in [0.1, 0.15) is 0 Å². The molecule has 0 rings (SSSR count). The van der Waals surface area contributed by atoms with E-state index in [1.54, 1.807) is 6.92 Å². The van der Waals surface area contributed by atoms with Crippen LogP contribution < -0.4 is 0 Å². The summed E-state index contributed by atoms with van der Waals surface area (Å²) in [5.74, 6) is 0. The van der Waals surface area contributed by atoms with E-state index in [0.29, 0.717) is 6.61 Å². The van der Waals surface area contributed by atoms with Gasteiger partial charge in [0.15, 0.2) is 0 Å². The third-order valence-electron chi connectivity index (χ3n) is 0.758. The van der Waals surface area contributed by atoms with Crippen molar-refractivity contribution in [3.05, 3.63) is 13.2 Å². The van der Waals surface area contributed by atoms with Gasteiger partial charge in [0.2, 0.25) is 0 Å². The second-order valence-corrected chi connectivity index (χ2v) is 3.27. The molecule has 11 heavy (non-hydrogen) atoms. The first-order valence-corrected chi connectivity index (χ1v) is 3.74. The summed E-state index contributed by atoms with van der Waals surface area (Å²) in [4.78, 5) is 0. The lowest BCUT2D eigenvalue weighted by Crippen LogP contribution is -2.24. The fourth-order valence-corrected chi connectivity index (χ4v) is 0.371. The molecule has 0 aliphatic rings. The van der Waals surface area contributed by atoms with Gasteiger partial charge in [-0.3, -0.25) is 0 Å². The molecule has 0 aliphatic heterocycles. The summed E-state index contributed by atoms with van der Waals surface area (Å²) in [5, 5.41) is 8.79. The van der Waals surface area contributed by atoms with Crippen molar-refractivity contribution in [1.29, 1.82) is 0 Å². The van der Waals surface area contributed by atoms with E-state index < -0.39 is 0 Å². The molecule has 0 bridgehead atoms. The van der Waals surface area contributed by atoms with Crippen LogP contribution in [-0.2, 0) is 4.74 Å². The van der Waals surface area contributed by atoms with E-state index in [9.17, 15) is 0 Å². The van der Waals surface area contributed by atoms with Crippen LogP contribution >= 0.6 is 0 Å². The van der Waals surface area contributed by atoms with Gasteiger partial charge >= 0.3 is 0 Å². The lowest BCUT2D eigenvalue weighted by atomic mass is 10.2. The van der Waals surface area contributed by atoms with Crippen molar-refractivity contribution < 1.29 is 9.84 Å². The molecule has 0 spiro atoms. The molecular weight excluding hydrogens is 140 g/mol. The molecule has 0 heterocycles. The summed E-state index contributed by atoms with van der Waals surface area (Å²) >= 11 is 0. The van der Waals surface area contributed by atoms with Gasteiger partial charge in [-0.15, -0.1) is 13.2 Å². The van der Waals surface area contributed by atoms with E-state index in [-0.39, 0.29) is 11.7 Å². The van der Waals surface area contributed by atoms with Crippen molar-refractivity contribution in [3.63, 3.8) is 0 Å². The maximum Gasteiger partial charge on any atom is 0.0745 e. The van der Waals surface area contributed by atoms with E-state index in [4.69, 9.17) is 9.84 Å². The van der Waals surface area contributed by atoms with Gasteiger partial charge in [-0.25, -0.2) is 0 Å². The zero-order valence-electron chi connectivity index (χ0n) is 8.05. The highest BCUT2D eigenvalue weighted by Gasteiger charge is 2.10. The Bertz CT molecular complexity index is 82.1. The van der Waals surface area contributed by atoms with Crippen LogP contribution in [0.15, 0.2) is 13.2 Å². The number of aliphatic hydroxyl groups excluding tert-OH is 1. The molecule has 0 aromatic heterocycles. The monoisotopic (exact) mass is 160 g/mol. The minimum atomic E-state index is -0.357. The van der Waals surface area contributed by atoms with Crippen LogP contribution in [0.25, 0.3) is 0 Å². The van der Waals surface area contributed by atoms with Crippen LogP contribution in [0.3, 0.4) is 0 Å². The molecule has 1 unspecified atom stereocenters. The van der Waals surface area contributed by atoms with Gasteiger partial charge in [-0.2, -0.15) is 0 Å². The quantitative estimate of drug-likeness (QED) is 0.626. The molecule has 2 nitrogen and oxygen atoms in total. The van der Waals surface area contributed by atoms with E-state index >= 15 is 0 Å². The standard InChI is InChI=1S/C7H16O2.C2H4/c1-6(8)5-9-7(2,3)4;1-2/h6,8H,5H2,1-4H3;1-2H2. The Labute approximate surface area is 69.9 Å². The van der Waals surface area contributed by atoms with Crippen molar-refractivity contribution in [2.75, 3.05) is 6.61 Å². The van der Waals surface area contributed by atoms with Crippen LogP contribution in [-0.4, -0.2) is 23.4 Å². The van der Waals surface area contributed by atoms with Crippen molar-refractivity contribution in [1.82, 2.24) is 0 Å².